The largest absolute Gasteiger partial charge is 0.371 e. The Balaban J connectivity index is 0.000000111. The second-order valence-electron chi connectivity index (χ2n) is 23.4. The molecule has 0 atom stereocenters. The highest BCUT2D eigenvalue weighted by Crippen LogP contribution is 2.46. The number of piperidine rings is 2. The first-order valence-corrected chi connectivity index (χ1v) is 33.6. The summed E-state index contributed by atoms with van der Waals surface area (Å²) in [6.07, 6.45) is 21.1. The van der Waals surface area contributed by atoms with Crippen molar-refractivity contribution < 1.29 is 18.0 Å². The highest BCUT2D eigenvalue weighted by molar-refractivity contribution is 7.88. The van der Waals surface area contributed by atoms with Crippen molar-refractivity contribution in [1.82, 2.24) is 65.2 Å². The molecule has 0 saturated carbocycles. The van der Waals surface area contributed by atoms with E-state index in [2.05, 4.69) is 104 Å². The standard InChI is InChI=1S/C19H17ClN4O.C16H16ClN5.C16H19ClN4O.C13H14ClN5O2S/c20-12-9-16-13(11-21-23-16)17(10-12)24-7-5-19(6-8-24)14-3-1-2-4-15(14)22-18(19)25;17-12-9-15-14(11-19-20-15)16(10-12)22-7-5-21(6-8-22)13-1-3-18-4-2-13;17-11-8-14-13(10-18-19-14)15(9-11)20-6-3-12(4-7-20)21-5-1-2-16(21)22;1-22(20,21)17-2-3-19-8-9(6-16-19)11-4-10(14)5-13-12(11)7-15-18-13/h1-4,9-11H,5-8H2,(H,21,23)(H,22,25);1-4,9-11H,5-8H2,(H,19,20);8-10,12H,1-7H2,(H,18,19);4-8,17H,2-3H2,1H3,(H,15,18). The van der Waals surface area contributed by atoms with E-state index in [1.165, 1.54) is 5.69 Å². The summed E-state index contributed by atoms with van der Waals surface area (Å²) in [5.41, 5.74) is 11.9. The van der Waals surface area contributed by atoms with Gasteiger partial charge in [-0.1, -0.05) is 64.6 Å². The third-order valence-corrected chi connectivity index (χ3v) is 19.4. The zero-order valence-corrected chi connectivity index (χ0v) is 53.6. The van der Waals surface area contributed by atoms with Gasteiger partial charge in [0.1, 0.15) is 0 Å². The van der Waals surface area contributed by atoms with Crippen LogP contribution in [0.15, 0.2) is 135 Å². The number of carbonyl (C=O) groups is 2. The number of sulfonamides is 1. The molecule has 16 rings (SSSR count). The minimum atomic E-state index is -3.19. The van der Waals surface area contributed by atoms with Crippen LogP contribution in [-0.2, 0) is 31.6 Å². The molecular weight excluding hydrogens is 1260 g/mol. The highest BCUT2D eigenvalue weighted by Gasteiger charge is 2.48. The van der Waals surface area contributed by atoms with Crippen LogP contribution in [0.2, 0.25) is 20.1 Å². The van der Waals surface area contributed by atoms with Crippen LogP contribution in [0.4, 0.5) is 28.4 Å². The number of para-hydroxylation sites is 1. The molecule has 6 aromatic heterocycles. The number of aromatic amines is 4. The third kappa shape index (κ3) is 13.4. The first-order valence-electron chi connectivity index (χ1n) is 30.2. The van der Waals surface area contributed by atoms with Gasteiger partial charge in [0.05, 0.1) is 71.3 Å². The van der Waals surface area contributed by atoms with Gasteiger partial charge in [0.2, 0.25) is 21.8 Å². The molecule has 1 spiro atoms. The molecule has 5 aliphatic rings. The molecule has 5 aliphatic heterocycles. The molecule has 27 heteroatoms. The quantitative estimate of drug-likeness (QED) is 0.0745. The molecule has 4 fully saturated rings. The van der Waals surface area contributed by atoms with E-state index >= 15 is 0 Å². The van der Waals surface area contributed by atoms with Crippen molar-refractivity contribution in [3.05, 3.63) is 160 Å². The fraction of sp³-hybridized carbons (Fsp3) is 0.312. The summed E-state index contributed by atoms with van der Waals surface area (Å²) in [5.74, 6) is 0.464. The molecule has 0 radical (unpaired) electrons. The maximum absolute atomic E-state index is 12.7. The third-order valence-electron chi connectivity index (χ3n) is 17.8. The number of amides is 2. The predicted octanol–water partition coefficient (Wildman–Crippen LogP) is 11.1. The molecule has 91 heavy (non-hydrogen) atoms. The number of nitrogens with one attached hydrogen (secondary N) is 6. The highest BCUT2D eigenvalue weighted by atomic mass is 35.5. The summed E-state index contributed by atoms with van der Waals surface area (Å²) in [6.45, 7) is 9.08. The van der Waals surface area contributed by atoms with Crippen molar-refractivity contribution in [1.29, 1.82) is 0 Å². The van der Waals surface area contributed by atoms with E-state index in [9.17, 15) is 18.0 Å². The maximum Gasteiger partial charge on any atom is 0.235 e. The SMILES string of the molecule is CS(=O)(=O)NCCn1cc(-c2cc(Cl)cc3[nH]ncc23)cn1.Clc1cc(N2CCN(c3ccncc3)CC2)c2cn[nH]c2c1.O=C1CCCN1C1CCN(c2cc(Cl)cc3[nH]ncc23)CC1.O=C1Nc2ccccc2C12CCN(c1cc(Cl)cc3[nH]ncc13)CC2. The number of H-pyrrole nitrogens is 4. The van der Waals surface area contributed by atoms with Crippen LogP contribution in [0.25, 0.3) is 54.7 Å². The lowest BCUT2D eigenvalue weighted by Crippen LogP contribution is -2.46. The number of pyridine rings is 1. The van der Waals surface area contributed by atoms with Crippen LogP contribution in [0.5, 0.6) is 0 Å². The Labute approximate surface area is 544 Å². The smallest absolute Gasteiger partial charge is 0.235 e. The lowest BCUT2D eigenvalue weighted by Gasteiger charge is -2.39. The molecule has 22 nitrogen and oxygen atoms in total. The summed E-state index contributed by atoms with van der Waals surface area (Å²) in [6, 6.07) is 28.0. The molecule has 0 unspecified atom stereocenters. The van der Waals surface area contributed by atoms with Crippen molar-refractivity contribution in [3.8, 4) is 11.1 Å². The summed E-state index contributed by atoms with van der Waals surface area (Å²) >= 11 is 24.8. The molecule has 470 valence electrons. The van der Waals surface area contributed by atoms with Crippen molar-refractivity contribution in [2.24, 2.45) is 0 Å². The summed E-state index contributed by atoms with van der Waals surface area (Å²) < 4.78 is 26.2. The average molecular weight is 1330 g/mol. The van der Waals surface area contributed by atoms with Crippen LogP contribution in [0.3, 0.4) is 0 Å². The molecule has 11 aromatic rings. The van der Waals surface area contributed by atoms with Crippen molar-refractivity contribution in [2.75, 3.05) is 96.6 Å². The van der Waals surface area contributed by atoms with E-state index in [0.717, 1.165) is 197 Å². The van der Waals surface area contributed by atoms with Gasteiger partial charge in [-0.3, -0.25) is 39.6 Å². The van der Waals surface area contributed by atoms with Gasteiger partial charge in [-0.05, 0) is 110 Å². The summed E-state index contributed by atoms with van der Waals surface area (Å²) in [5, 5.41) is 42.6. The number of nitrogens with zero attached hydrogens (tertiary/aromatic N) is 12. The Hall–Kier alpha value is -8.45. The first-order chi connectivity index (χ1) is 44.1. The summed E-state index contributed by atoms with van der Waals surface area (Å²) in [4.78, 5) is 40.2. The lowest BCUT2D eigenvalue weighted by molar-refractivity contribution is -0.130. The van der Waals surface area contributed by atoms with Gasteiger partial charge < -0.3 is 29.8 Å². The number of rotatable bonds is 10. The predicted molar refractivity (Wildman–Crippen MR) is 362 cm³/mol. The minimum absolute atomic E-state index is 0.132. The van der Waals surface area contributed by atoms with Crippen LogP contribution < -0.4 is 29.6 Å². The summed E-state index contributed by atoms with van der Waals surface area (Å²) in [7, 11) is -3.19. The van der Waals surface area contributed by atoms with Gasteiger partial charge in [-0.15, -0.1) is 0 Å². The maximum atomic E-state index is 12.7. The topological polar surface area (TPSA) is 254 Å². The van der Waals surface area contributed by atoms with Gasteiger partial charge in [0.15, 0.2) is 0 Å². The van der Waals surface area contributed by atoms with E-state index in [1.54, 1.807) is 17.1 Å². The van der Waals surface area contributed by atoms with Crippen molar-refractivity contribution in [2.45, 2.75) is 56.5 Å². The lowest BCUT2D eigenvalue weighted by atomic mass is 9.73. The molecule has 6 N–H and O–H groups in total. The zero-order chi connectivity index (χ0) is 62.8. The Morgan fingerprint density at radius 3 is 1.65 bits per heavy atom. The zero-order valence-electron chi connectivity index (χ0n) is 49.7. The average Bonchev–Trinajstić information content (AvgIpc) is 1.64. The van der Waals surface area contributed by atoms with E-state index in [4.69, 9.17) is 46.4 Å². The Bertz CT molecular complexity index is 4530. The Morgan fingerprint density at radius 2 is 1.10 bits per heavy atom. The number of hydrogen-bond donors (Lipinski definition) is 6. The van der Waals surface area contributed by atoms with Gasteiger partial charge in [0.25, 0.3) is 0 Å². The van der Waals surface area contributed by atoms with Gasteiger partial charge >= 0.3 is 0 Å². The Morgan fingerprint density at radius 1 is 0.593 bits per heavy atom. The number of hydrogen-bond acceptors (Lipinski definition) is 14. The molecule has 11 heterocycles. The van der Waals surface area contributed by atoms with Gasteiger partial charge in [-0.25, -0.2) is 13.1 Å². The van der Waals surface area contributed by atoms with Crippen LogP contribution in [0, 0.1) is 0 Å². The van der Waals surface area contributed by atoms with E-state index in [0.29, 0.717) is 28.5 Å². The first kappa shape index (κ1) is 61.4. The number of anilines is 5. The molecular formula is C64H66Cl4N18O4S. The second-order valence-corrected chi connectivity index (χ2v) is 26.9. The fourth-order valence-electron chi connectivity index (χ4n) is 13.2. The number of carbonyl (C=O) groups excluding carboxylic acids is 2. The van der Waals surface area contributed by atoms with Crippen LogP contribution in [0.1, 0.15) is 44.1 Å². The Kier molecular flexibility index (Phi) is 17.8. The number of fused-ring (bicyclic) bond motifs is 6. The van der Waals surface area contributed by atoms with Crippen molar-refractivity contribution in [3.63, 3.8) is 0 Å². The number of halogens is 4. The fourth-order valence-corrected chi connectivity index (χ4v) is 14.6. The molecule has 0 bridgehead atoms. The normalized spacial score (nSPS) is 16.7. The minimum Gasteiger partial charge on any atom is -0.371 e. The van der Waals surface area contributed by atoms with Crippen LogP contribution >= 0.6 is 46.4 Å². The van der Waals surface area contributed by atoms with E-state index in [1.807, 2.05) is 104 Å². The molecule has 5 aromatic carbocycles. The number of benzene rings is 5. The van der Waals surface area contributed by atoms with Crippen LogP contribution in [-0.4, -0.2) is 158 Å². The number of aromatic nitrogens is 11. The second kappa shape index (κ2) is 26.4. The van der Waals surface area contributed by atoms with Gasteiger partial charge in [0, 0.05) is 172 Å². The van der Waals surface area contributed by atoms with E-state index in [-0.39, 0.29) is 12.5 Å². The monoisotopic (exact) mass is 1320 g/mol. The number of piperazine rings is 1. The van der Waals surface area contributed by atoms with E-state index < -0.39 is 15.4 Å². The number of likely N-dealkylation sites (tertiary alicyclic amines) is 1. The molecule has 4 saturated heterocycles. The van der Waals surface area contributed by atoms with Gasteiger partial charge in [-0.2, -0.15) is 25.5 Å². The molecule has 0 aliphatic carbocycles. The van der Waals surface area contributed by atoms with Crippen molar-refractivity contribution >= 4 is 140 Å². The molecule has 2 amide bonds.